The van der Waals surface area contributed by atoms with Crippen molar-refractivity contribution in [3.8, 4) is 0 Å². The fraction of sp³-hybridized carbons (Fsp3) is 1.00. The highest BCUT2D eigenvalue weighted by atomic mass is 16.3. The van der Waals surface area contributed by atoms with Gasteiger partial charge in [0.1, 0.15) is 0 Å². The molecule has 0 amide bonds. The van der Waals surface area contributed by atoms with Gasteiger partial charge in [-0.25, -0.2) is 0 Å². The van der Waals surface area contributed by atoms with Gasteiger partial charge < -0.3 is 10.0 Å². The summed E-state index contributed by atoms with van der Waals surface area (Å²) in [6, 6.07) is 0.993. The summed E-state index contributed by atoms with van der Waals surface area (Å²) in [4.78, 5) is 4.63. The quantitative estimate of drug-likeness (QED) is 0.791. The average Bonchev–Trinajstić information content (AvgIpc) is 2.13. The summed E-state index contributed by atoms with van der Waals surface area (Å²) < 4.78 is 0. The zero-order valence-electron chi connectivity index (χ0n) is 11.5. The highest BCUT2D eigenvalue weighted by Crippen LogP contribution is 2.23. The third-order valence-corrected chi connectivity index (χ3v) is 3.55. The molecule has 3 nitrogen and oxygen atoms in total. The molecule has 3 heteroatoms. The third-order valence-electron chi connectivity index (χ3n) is 3.55. The van der Waals surface area contributed by atoms with Crippen molar-refractivity contribution in [2.45, 2.75) is 58.2 Å². The van der Waals surface area contributed by atoms with E-state index in [1.165, 1.54) is 0 Å². The summed E-state index contributed by atoms with van der Waals surface area (Å²) in [5.74, 6) is 0. The van der Waals surface area contributed by atoms with Crippen molar-refractivity contribution in [3.05, 3.63) is 0 Å². The number of hydrogen-bond donors (Lipinski definition) is 1. The maximum Gasteiger partial charge on any atom is 0.0900 e. The summed E-state index contributed by atoms with van der Waals surface area (Å²) in [6.07, 6.45) is 2.05. The largest absolute Gasteiger partial charge is 0.387 e. The van der Waals surface area contributed by atoms with E-state index < -0.39 is 5.60 Å². The van der Waals surface area contributed by atoms with Gasteiger partial charge >= 0.3 is 0 Å². The standard InChI is InChI=1S/C13H28N2O/c1-11(2)15(12(3)4)10-13(16)7-6-8-14(5)9-13/h11-12,16H,6-10H2,1-5H3/t13-/m0/s1. The highest BCUT2D eigenvalue weighted by Gasteiger charge is 2.34. The lowest BCUT2D eigenvalue weighted by molar-refractivity contribution is -0.0587. The molecule has 0 aromatic heterocycles. The van der Waals surface area contributed by atoms with Gasteiger partial charge in [-0.3, -0.25) is 4.90 Å². The number of nitrogens with zero attached hydrogens (tertiary/aromatic N) is 2. The molecule has 1 atom stereocenters. The number of likely N-dealkylation sites (tertiary alicyclic amines) is 1. The number of piperidine rings is 1. The zero-order valence-corrected chi connectivity index (χ0v) is 11.5. The van der Waals surface area contributed by atoms with Crippen LogP contribution in [0.15, 0.2) is 0 Å². The Morgan fingerprint density at radius 3 is 2.25 bits per heavy atom. The van der Waals surface area contributed by atoms with Crippen LogP contribution in [0.2, 0.25) is 0 Å². The summed E-state index contributed by atoms with van der Waals surface area (Å²) in [5.41, 5.74) is -0.512. The molecule has 1 saturated heterocycles. The van der Waals surface area contributed by atoms with Crippen LogP contribution in [0.3, 0.4) is 0 Å². The SMILES string of the molecule is CC(C)N(C[C@]1(O)CCCN(C)C1)C(C)C. The second kappa shape index (κ2) is 5.48. The topological polar surface area (TPSA) is 26.7 Å². The Kier molecular flexibility index (Phi) is 4.77. The van der Waals surface area contributed by atoms with Crippen molar-refractivity contribution in [1.29, 1.82) is 0 Å². The van der Waals surface area contributed by atoms with Gasteiger partial charge in [0, 0.05) is 25.2 Å². The van der Waals surface area contributed by atoms with Crippen molar-refractivity contribution in [1.82, 2.24) is 9.80 Å². The van der Waals surface area contributed by atoms with Gasteiger partial charge in [-0.1, -0.05) is 0 Å². The van der Waals surface area contributed by atoms with E-state index in [9.17, 15) is 5.11 Å². The van der Waals surface area contributed by atoms with Crippen LogP contribution in [0.1, 0.15) is 40.5 Å². The van der Waals surface area contributed by atoms with Crippen molar-refractivity contribution < 1.29 is 5.11 Å². The number of aliphatic hydroxyl groups is 1. The van der Waals surface area contributed by atoms with Crippen LogP contribution >= 0.6 is 0 Å². The van der Waals surface area contributed by atoms with E-state index in [0.717, 1.165) is 32.5 Å². The Balaban J connectivity index is 2.61. The molecular weight excluding hydrogens is 200 g/mol. The first kappa shape index (κ1) is 13.9. The molecule has 0 aromatic rings. The fourth-order valence-corrected chi connectivity index (χ4v) is 2.77. The first-order valence-corrected chi connectivity index (χ1v) is 6.51. The van der Waals surface area contributed by atoms with Crippen LogP contribution in [0, 0.1) is 0 Å². The van der Waals surface area contributed by atoms with E-state index in [1.807, 2.05) is 0 Å². The van der Waals surface area contributed by atoms with E-state index in [0.29, 0.717) is 12.1 Å². The first-order valence-electron chi connectivity index (χ1n) is 6.51. The molecule has 0 unspecified atom stereocenters. The predicted octanol–water partition coefficient (Wildman–Crippen LogP) is 1.56. The minimum Gasteiger partial charge on any atom is -0.387 e. The third kappa shape index (κ3) is 3.72. The van der Waals surface area contributed by atoms with Crippen molar-refractivity contribution in [2.24, 2.45) is 0 Å². The molecule has 0 bridgehead atoms. The molecule has 96 valence electrons. The Labute approximate surface area is 100 Å². The van der Waals surface area contributed by atoms with Gasteiger partial charge in [-0.2, -0.15) is 0 Å². The molecule has 0 saturated carbocycles. The number of hydrogen-bond acceptors (Lipinski definition) is 3. The maximum atomic E-state index is 10.6. The van der Waals surface area contributed by atoms with Gasteiger partial charge in [0.25, 0.3) is 0 Å². The van der Waals surface area contributed by atoms with Gasteiger partial charge in [0.05, 0.1) is 5.60 Å². The molecule has 0 spiro atoms. The van der Waals surface area contributed by atoms with Crippen LogP contribution in [-0.4, -0.2) is 59.3 Å². The van der Waals surface area contributed by atoms with E-state index in [4.69, 9.17) is 0 Å². The molecule has 1 heterocycles. The van der Waals surface area contributed by atoms with Crippen LogP contribution in [0.4, 0.5) is 0 Å². The lowest BCUT2D eigenvalue weighted by atomic mass is 9.91. The van der Waals surface area contributed by atoms with Crippen LogP contribution in [0.5, 0.6) is 0 Å². The molecule has 0 aromatic carbocycles. The molecule has 1 aliphatic rings. The fourth-order valence-electron chi connectivity index (χ4n) is 2.77. The van der Waals surface area contributed by atoms with E-state index >= 15 is 0 Å². The average molecular weight is 228 g/mol. The number of rotatable bonds is 4. The number of β-amino-alcohol motifs (C(OH)–C–C–N with tert-alkyl or cyclic N) is 1. The predicted molar refractivity (Wildman–Crippen MR) is 68.7 cm³/mol. The van der Waals surface area contributed by atoms with Gasteiger partial charge in [-0.05, 0) is 54.1 Å². The Bertz CT molecular complexity index is 210. The molecule has 0 aliphatic carbocycles. The van der Waals surface area contributed by atoms with E-state index in [2.05, 4.69) is 44.5 Å². The molecular formula is C13H28N2O. The van der Waals surface area contributed by atoms with E-state index in [-0.39, 0.29) is 0 Å². The molecule has 16 heavy (non-hydrogen) atoms. The maximum absolute atomic E-state index is 10.6. The van der Waals surface area contributed by atoms with Crippen molar-refractivity contribution in [2.75, 3.05) is 26.7 Å². The van der Waals surface area contributed by atoms with Crippen LogP contribution in [-0.2, 0) is 0 Å². The molecule has 1 aliphatic heterocycles. The molecule has 1 rings (SSSR count). The summed E-state index contributed by atoms with van der Waals surface area (Å²) >= 11 is 0. The Morgan fingerprint density at radius 1 is 1.25 bits per heavy atom. The zero-order chi connectivity index (χ0) is 12.3. The Hall–Kier alpha value is -0.120. The summed E-state index contributed by atoms with van der Waals surface area (Å²) in [5, 5.41) is 10.6. The molecule has 1 fully saturated rings. The van der Waals surface area contributed by atoms with Gasteiger partial charge in [0.15, 0.2) is 0 Å². The summed E-state index contributed by atoms with van der Waals surface area (Å²) in [7, 11) is 2.10. The minimum atomic E-state index is -0.512. The van der Waals surface area contributed by atoms with Crippen molar-refractivity contribution in [3.63, 3.8) is 0 Å². The lowest BCUT2D eigenvalue weighted by Gasteiger charge is -2.43. The highest BCUT2D eigenvalue weighted by molar-refractivity contribution is 4.90. The van der Waals surface area contributed by atoms with Crippen molar-refractivity contribution >= 4 is 0 Å². The van der Waals surface area contributed by atoms with E-state index in [1.54, 1.807) is 0 Å². The second-order valence-electron chi connectivity index (χ2n) is 5.93. The Morgan fingerprint density at radius 2 is 1.81 bits per heavy atom. The molecule has 0 radical (unpaired) electrons. The normalized spacial score (nSPS) is 28.3. The van der Waals surface area contributed by atoms with Crippen LogP contribution < -0.4 is 0 Å². The first-order chi connectivity index (χ1) is 7.34. The minimum absolute atomic E-state index is 0.497. The van der Waals surface area contributed by atoms with Gasteiger partial charge in [-0.15, -0.1) is 0 Å². The number of likely N-dealkylation sites (N-methyl/N-ethyl adjacent to an activating group) is 1. The van der Waals surface area contributed by atoms with Crippen LogP contribution in [0.25, 0.3) is 0 Å². The monoisotopic (exact) mass is 228 g/mol. The summed E-state index contributed by atoms with van der Waals surface area (Å²) in [6.45, 7) is 11.5. The van der Waals surface area contributed by atoms with Gasteiger partial charge in [0.2, 0.25) is 0 Å². The lowest BCUT2D eigenvalue weighted by Crippen LogP contribution is -2.55. The second-order valence-corrected chi connectivity index (χ2v) is 5.93. The smallest absolute Gasteiger partial charge is 0.0900 e. The molecule has 1 N–H and O–H groups in total.